The number of halogens is 2. The molecule has 0 bridgehead atoms. The maximum Gasteiger partial charge on any atom is 0.191 e. The number of anilines is 1. The third-order valence-corrected chi connectivity index (χ3v) is 4.97. The van der Waals surface area contributed by atoms with Crippen LogP contribution >= 0.6 is 24.0 Å². The van der Waals surface area contributed by atoms with Crippen molar-refractivity contribution in [2.75, 3.05) is 31.6 Å². The minimum Gasteiger partial charge on any atom is -0.489 e. The first kappa shape index (κ1) is 24.2. The highest BCUT2D eigenvalue weighted by Gasteiger charge is 2.13. The number of benzene rings is 1. The van der Waals surface area contributed by atoms with Crippen LogP contribution in [0.5, 0.6) is 5.75 Å². The van der Waals surface area contributed by atoms with E-state index in [0.29, 0.717) is 24.8 Å². The molecule has 0 radical (unpaired) electrons. The Hall–Kier alpha value is -2.10. The van der Waals surface area contributed by atoms with Crippen LogP contribution in [-0.2, 0) is 6.54 Å². The second kappa shape index (κ2) is 12.6. The Morgan fingerprint density at radius 1 is 1.23 bits per heavy atom. The first-order valence-corrected chi connectivity index (χ1v) is 10.2. The van der Waals surface area contributed by atoms with Crippen LogP contribution in [0.1, 0.15) is 31.7 Å². The van der Waals surface area contributed by atoms with Crippen molar-refractivity contribution in [3.05, 3.63) is 54.0 Å². The molecular formula is C22H31FIN5O. The molecule has 2 N–H and O–H groups in total. The molecule has 2 aromatic rings. The normalized spacial score (nSPS) is 14.8. The standard InChI is InChI=1S/C22H30FN5O.HI/c1-3-19(29-20-8-6-7-18(23)13-20)16-27-22(24-2)26-15-17-9-10-21(25-14-17)28-11-4-5-12-28;/h6-10,13-14,19H,3-5,11-12,15-16H2,1-2H3,(H2,24,26,27);1H. The second-order valence-corrected chi connectivity index (χ2v) is 7.13. The average molecular weight is 527 g/mol. The number of aliphatic imine (C=N–C) groups is 1. The Morgan fingerprint density at radius 2 is 2.03 bits per heavy atom. The number of nitrogens with one attached hydrogen (secondary N) is 2. The van der Waals surface area contributed by atoms with E-state index in [4.69, 9.17) is 4.74 Å². The third-order valence-electron chi connectivity index (χ3n) is 4.97. The van der Waals surface area contributed by atoms with Crippen molar-refractivity contribution in [1.82, 2.24) is 15.6 Å². The van der Waals surface area contributed by atoms with Crippen LogP contribution in [0.15, 0.2) is 47.6 Å². The Morgan fingerprint density at radius 3 is 2.67 bits per heavy atom. The van der Waals surface area contributed by atoms with E-state index >= 15 is 0 Å². The molecule has 1 saturated heterocycles. The van der Waals surface area contributed by atoms with Crippen LogP contribution in [0.3, 0.4) is 0 Å². The summed E-state index contributed by atoms with van der Waals surface area (Å²) >= 11 is 0. The average Bonchev–Trinajstić information content (AvgIpc) is 3.28. The fourth-order valence-electron chi connectivity index (χ4n) is 3.27. The van der Waals surface area contributed by atoms with Crippen molar-refractivity contribution in [2.45, 2.75) is 38.8 Å². The summed E-state index contributed by atoms with van der Waals surface area (Å²) in [5, 5.41) is 6.57. The fourth-order valence-corrected chi connectivity index (χ4v) is 3.27. The van der Waals surface area contributed by atoms with Crippen LogP contribution in [0, 0.1) is 5.82 Å². The lowest BCUT2D eigenvalue weighted by Crippen LogP contribution is -2.42. The summed E-state index contributed by atoms with van der Waals surface area (Å²) in [5.41, 5.74) is 1.10. The van der Waals surface area contributed by atoms with Gasteiger partial charge in [0.05, 0.1) is 6.54 Å². The Bertz CT molecular complexity index is 796. The van der Waals surface area contributed by atoms with Crippen molar-refractivity contribution >= 4 is 35.8 Å². The van der Waals surface area contributed by atoms with E-state index in [2.05, 4.69) is 37.6 Å². The molecule has 1 fully saturated rings. The quantitative estimate of drug-likeness (QED) is 0.309. The van der Waals surface area contributed by atoms with Crippen molar-refractivity contribution in [3.63, 3.8) is 0 Å². The SMILES string of the molecule is CCC(CNC(=NC)NCc1ccc(N2CCCC2)nc1)Oc1cccc(F)c1.I. The first-order valence-electron chi connectivity index (χ1n) is 10.2. The molecule has 1 aliphatic rings. The van der Waals surface area contributed by atoms with Gasteiger partial charge in [-0.1, -0.05) is 19.1 Å². The number of rotatable bonds is 8. The van der Waals surface area contributed by atoms with Crippen LogP contribution in [-0.4, -0.2) is 43.7 Å². The summed E-state index contributed by atoms with van der Waals surface area (Å²) in [6.45, 7) is 5.43. The Kier molecular flexibility index (Phi) is 10.1. The number of aromatic nitrogens is 1. The lowest BCUT2D eigenvalue weighted by Gasteiger charge is -2.20. The van der Waals surface area contributed by atoms with E-state index in [1.165, 1.54) is 25.0 Å². The molecule has 1 aromatic carbocycles. The molecule has 30 heavy (non-hydrogen) atoms. The maximum absolute atomic E-state index is 13.3. The molecule has 6 nitrogen and oxygen atoms in total. The van der Waals surface area contributed by atoms with E-state index in [0.717, 1.165) is 30.9 Å². The molecular weight excluding hydrogens is 496 g/mol. The maximum atomic E-state index is 13.3. The second-order valence-electron chi connectivity index (χ2n) is 7.13. The number of pyridine rings is 1. The number of hydrogen-bond donors (Lipinski definition) is 2. The fraction of sp³-hybridized carbons (Fsp3) is 0.455. The number of nitrogens with zero attached hydrogens (tertiary/aromatic N) is 3. The summed E-state index contributed by atoms with van der Waals surface area (Å²) in [4.78, 5) is 11.2. The summed E-state index contributed by atoms with van der Waals surface area (Å²) in [6.07, 6.45) is 5.11. The smallest absolute Gasteiger partial charge is 0.191 e. The topological polar surface area (TPSA) is 61.8 Å². The molecule has 164 valence electrons. The van der Waals surface area contributed by atoms with Crippen LogP contribution in [0.2, 0.25) is 0 Å². The van der Waals surface area contributed by atoms with E-state index in [9.17, 15) is 4.39 Å². The highest BCUT2D eigenvalue weighted by molar-refractivity contribution is 14.0. The van der Waals surface area contributed by atoms with Gasteiger partial charge in [-0.2, -0.15) is 0 Å². The zero-order chi connectivity index (χ0) is 20.5. The van der Waals surface area contributed by atoms with E-state index in [-0.39, 0.29) is 35.9 Å². The van der Waals surface area contributed by atoms with Gasteiger partial charge in [0.15, 0.2) is 5.96 Å². The van der Waals surface area contributed by atoms with Crippen LogP contribution < -0.4 is 20.3 Å². The molecule has 1 unspecified atom stereocenters. The van der Waals surface area contributed by atoms with Crippen LogP contribution in [0.4, 0.5) is 10.2 Å². The van der Waals surface area contributed by atoms with E-state index in [1.54, 1.807) is 19.2 Å². The van der Waals surface area contributed by atoms with Crippen molar-refractivity contribution in [2.24, 2.45) is 4.99 Å². The van der Waals surface area contributed by atoms with Gasteiger partial charge >= 0.3 is 0 Å². The molecule has 2 heterocycles. The lowest BCUT2D eigenvalue weighted by atomic mass is 10.2. The van der Waals surface area contributed by atoms with Crippen LogP contribution in [0.25, 0.3) is 0 Å². The summed E-state index contributed by atoms with van der Waals surface area (Å²) in [6, 6.07) is 10.4. The molecule has 8 heteroatoms. The minimum atomic E-state index is -0.299. The molecule has 1 atom stereocenters. The summed E-state index contributed by atoms with van der Waals surface area (Å²) in [5.74, 6) is 1.97. The highest BCUT2D eigenvalue weighted by atomic mass is 127. The number of ether oxygens (including phenoxy) is 1. The molecule has 0 aliphatic carbocycles. The zero-order valence-electron chi connectivity index (χ0n) is 17.6. The summed E-state index contributed by atoms with van der Waals surface area (Å²) < 4.78 is 19.2. The van der Waals surface area contributed by atoms with Crippen molar-refractivity contribution in [3.8, 4) is 5.75 Å². The van der Waals surface area contributed by atoms with Crippen molar-refractivity contribution in [1.29, 1.82) is 0 Å². The zero-order valence-corrected chi connectivity index (χ0v) is 19.9. The molecule has 1 aliphatic heterocycles. The summed E-state index contributed by atoms with van der Waals surface area (Å²) in [7, 11) is 1.73. The largest absolute Gasteiger partial charge is 0.489 e. The molecule has 3 rings (SSSR count). The minimum absolute atomic E-state index is 0. The van der Waals surface area contributed by atoms with E-state index < -0.39 is 0 Å². The first-order chi connectivity index (χ1) is 14.2. The van der Waals surface area contributed by atoms with Gasteiger partial charge < -0.3 is 20.3 Å². The van der Waals surface area contributed by atoms with Gasteiger partial charge in [0.1, 0.15) is 23.5 Å². The number of hydrogen-bond acceptors (Lipinski definition) is 4. The van der Waals surface area contributed by atoms with Gasteiger partial charge in [-0.3, -0.25) is 4.99 Å². The monoisotopic (exact) mass is 527 g/mol. The van der Waals surface area contributed by atoms with Crippen molar-refractivity contribution < 1.29 is 9.13 Å². The van der Waals surface area contributed by atoms with Gasteiger partial charge in [-0.15, -0.1) is 24.0 Å². The van der Waals surface area contributed by atoms with Gasteiger partial charge in [-0.05, 0) is 43.0 Å². The Labute approximate surface area is 195 Å². The molecule has 0 amide bonds. The van der Waals surface area contributed by atoms with Gasteiger partial charge in [-0.25, -0.2) is 9.37 Å². The van der Waals surface area contributed by atoms with Gasteiger partial charge in [0.25, 0.3) is 0 Å². The number of guanidine groups is 1. The lowest BCUT2D eigenvalue weighted by molar-refractivity contribution is 0.199. The highest BCUT2D eigenvalue weighted by Crippen LogP contribution is 2.17. The molecule has 0 saturated carbocycles. The van der Waals surface area contributed by atoms with Gasteiger partial charge in [0.2, 0.25) is 0 Å². The Balaban J connectivity index is 0.00000320. The predicted molar refractivity (Wildman–Crippen MR) is 130 cm³/mol. The van der Waals surface area contributed by atoms with Gasteiger partial charge in [0, 0.05) is 38.9 Å². The predicted octanol–water partition coefficient (Wildman–Crippen LogP) is 3.96. The third kappa shape index (κ3) is 7.30. The molecule has 0 spiro atoms. The molecule has 1 aromatic heterocycles. The van der Waals surface area contributed by atoms with E-state index in [1.807, 2.05) is 13.1 Å².